The first kappa shape index (κ1) is 9.62. The Kier molecular flexibility index (Phi) is 2.79. The minimum absolute atomic E-state index is 0.0232. The largest absolute Gasteiger partial charge is 0.326 e. The predicted octanol–water partition coefficient (Wildman–Crippen LogP) is 1.58. The summed E-state index contributed by atoms with van der Waals surface area (Å²) in [5, 5.41) is 3.26. The number of nitrogens with one attached hydrogen (secondary N) is 1. The highest BCUT2D eigenvalue weighted by Crippen LogP contribution is 2.23. The first-order valence-corrected chi connectivity index (χ1v) is 5.02. The molecule has 1 saturated heterocycles. The van der Waals surface area contributed by atoms with Gasteiger partial charge in [-0.1, -0.05) is 18.2 Å². The van der Waals surface area contributed by atoms with Crippen LogP contribution in [0.3, 0.4) is 0 Å². The lowest BCUT2D eigenvalue weighted by Gasteiger charge is -2.30. The molecule has 2 nitrogen and oxygen atoms in total. The van der Waals surface area contributed by atoms with Gasteiger partial charge in [0, 0.05) is 11.6 Å². The number of halogens is 1. The first-order valence-electron chi connectivity index (χ1n) is 5.02. The minimum atomic E-state index is -0.164. The van der Waals surface area contributed by atoms with Crippen LogP contribution in [0.5, 0.6) is 0 Å². The topological polar surface area (TPSA) is 38.0 Å². The Hall–Kier alpha value is -0.930. The SMILES string of the molecule is NC1CCCNC1c1ccccc1F. The average Bonchev–Trinajstić information content (AvgIpc) is 2.20. The second kappa shape index (κ2) is 4.07. The molecule has 1 heterocycles. The van der Waals surface area contributed by atoms with E-state index in [0.717, 1.165) is 19.4 Å². The van der Waals surface area contributed by atoms with Crippen molar-refractivity contribution in [2.75, 3.05) is 6.54 Å². The monoisotopic (exact) mass is 194 g/mol. The van der Waals surface area contributed by atoms with Gasteiger partial charge in [0.1, 0.15) is 5.82 Å². The van der Waals surface area contributed by atoms with Crippen LogP contribution in [0.15, 0.2) is 24.3 Å². The van der Waals surface area contributed by atoms with Crippen molar-refractivity contribution in [3.8, 4) is 0 Å². The molecule has 0 saturated carbocycles. The highest BCUT2D eigenvalue weighted by molar-refractivity contribution is 5.23. The molecule has 2 rings (SSSR count). The standard InChI is InChI=1S/C11H15FN2/c12-9-5-2-1-4-8(9)11-10(13)6-3-7-14-11/h1-2,4-5,10-11,14H,3,6-7,13H2. The predicted molar refractivity (Wildman–Crippen MR) is 54.4 cm³/mol. The minimum Gasteiger partial charge on any atom is -0.326 e. The summed E-state index contributed by atoms with van der Waals surface area (Å²) in [7, 11) is 0. The van der Waals surface area contributed by atoms with Crippen molar-refractivity contribution in [3.63, 3.8) is 0 Å². The van der Waals surface area contributed by atoms with Crippen LogP contribution in [0.25, 0.3) is 0 Å². The van der Waals surface area contributed by atoms with Crippen molar-refractivity contribution in [1.82, 2.24) is 5.32 Å². The number of hydrogen-bond donors (Lipinski definition) is 2. The van der Waals surface area contributed by atoms with Crippen LogP contribution in [0, 0.1) is 5.82 Å². The summed E-state index contributed by atoms with van der Waals surface area (Å²) in [6, 6.07) is 6.84. The maximum atomic E-state index is 13.5. The molecule has 2 unspecified atom stereocenters. The quantitative estimate of drug-likeness (QED) is 0.712. The number of hydrogen-bond acceptors (Lipinski definition) is 2. The van der Waals surface area contributed by atoms with Gasteiger partial charge in [-0.25, -0.2) is 4.39 Å². The summed E-state index contributed by atoms with van der Waals surface area (Å²) in [6.07, 6.45) is 2.04. The zero-order valence-corrected chi connectivity index (χ0v) is 8.04. The molecule has 1 aromatic carbocycles. The van der Waals surface area contributed by atoms with Crippen LogP contribution in [-0.4, -0.2) is 12.6 Å². The Morgan fingerprint density at radius 1 is 1.36 bits per heavy atom. The van der Waals surface area contributed by atoms with Crippen molar-refractivity contribution < 1.29 is 4.39 Å². The Bertz CT molecular complexity index is 314. The van der Waals surface area contributed by atoms with Crippen LogP contribution in [0.4, 0.5) is 4.39 Å². The molecular weight excluding hydrogens is 179 g/mol. The maximum absolute atomic E-state index is 13.5. The fraction of sp³-hybridized carbons (Fsp3) is 0.455. The third kappa shape index (κ3) is 1.79. The second-order valence-electron chi connectivity index (χ2n) is 3.76. The van der Waals surface area contributed by atoms with Crippen molar-refractivity contribution in [2.24, 2.45) is 5.73 Å². The molecule has 0 aromatic heterocycles. The molecule has 2 atom stereocenters. The van der Waals surface area contributed by atoms with E-state index in [2.05, 4.69) is 5.32 Å². The normalized spacial score (nSPS) is 27.6. The number of benzene rings is 1. The van der Waals surface area contributed by atoms with E-state index in [0.29, 0.717) is 5.56 Å². The molecule has 1 fully saturated rings. The molecule has 0 aliphatic carbocycles. The van der Waals surface area contributed by atoms with Gasteiger partial charge in [-0.3, -0.25) is 0 Å². The third-order valence-corrected chi connectivity index (χ3v) is 2.75. The smallest absolute Gasteiger partial charge is 0.128 e. The van der Waals surface area contributed by atoms with Crippen LogP contribution in [0.1, 0.15) is 24.4 Å². The van der Waals surface area contributed by atoms with Crippen molar-refractivity contribution >= 4 is 0 Å². The number of nitrogens with two attached hydrogens (primary N) is 1. The van der Waals surface area contributed by atoms with Gasteiger partial charge in [-0.15, -0.1) is 0 Å². The first-order chi connectivity index (χ1) is 6.79. The Morgan fingerprint density at radius 3 is 2.86 bits per heavy atom. The maximum Gasteiger partial charge on any atom is 0.128 e. The highest BCUT2D eigenvalue weighted by atomic mass is 19.1. The van der Waals surface area contributed by atoms with E-state index in [1.807, 2.05) is 6.07 Å². The van der Waals surface area contributed by atoms with Gasteiger partial charge >= 0.3 is 0 Å². The lowest BCUT2D eigenvalue weighted by atomic mass is 9.93. The van der Waals surface area contributed by atoms with Crippen LogP contribution < -0.4 is 11.1 Å². The van der Waals surface area contributed by atoms with Crippen molar-refractivity contribution in [1.29, 1.82) is 0 Å². The zero-order valence-electron chi connectivity index (χ0n) is 8.04. The van der Waals surface area contributed by atoms with Crippen LogP contribution in [0.2, 0.25) is 0 Å². The summed E-state index contributed by atoms with van der Waals surface area (Å²) in [4.78, 5) is 0. The molecule has 0 amide bonds. The molecule has 0 spiro atoms. The molecular formula is C11H15FN2. The summed E-state index contributed by atoms with van der Waals surface area (Å²) < 4.78 is 13.5. The fourth-order valence-corrected chi connectivity index (χ4v) is 1.98. The lowest BCUT2D eigenvalue weighted by molar-refractivity contribution is 0.349. The third-order valence-electron chi connectivity index (χ3n) is 2.75. The molecule has 1 aromatic rings. The molecule has 3 heteroatoms. The highest BCUT2D eigenvalue weighted by Gasteiger charge is 2.24. The van der Waals surface area contributed by atoms with Gasteiger partial charge in [0.25, 0.3) is 0 Å². The van der Waals surface area contributed by atoms with Gasteiger partial charge in [0.05, 0.1) is 6.04 Å². The van der Waals surface area contributed by atoms with E-state index in [9.17, 15) is 4.39 Å². The lowest BCUT2D eigenvalue weighted by Crippen LogP contribution is -2.43. The van der Waals surface area contributed by atoms with Crippen molar-refractivity contribution in [2.45, 2.75) is 24.9 Å². The molecule has 1 aliphatic rings. The fourth-order valence-electron chi connectivity index (χ4n) is 1.98. The van der Waals surface area contributed by atoms with E-state index in [4.69, 9.17) is 5.73 Å². The van der Waals surface area contributed by atoms with Gasteiger partial charge in [-0.05, 0) is 25.5 Å². The van der Waals surface area contributed by atoms with Gasteiger partial charge < -0.3 is 11.1 Å². The summed E-state index contributed by atoms with van der Waals surface area (Å²) in [6.45, 7) is 0.923. The Labute approximate surface area is 83.3 Å². The molecule has 14 heavy (non-hydrogen) atoms. The van der Waals surface area contributed by atoms with Crippen LogP contribution >= 0.6 is 0 Å². The van der Waals surface area contributed by atoms with Gasteiger partial charge in [-0.2, -0.15) is 0 Å². The molecule has 76 valence electrons. The number of rotatable bonds is 1. The Balaban J connectivity index is 2.25. The molecule has 1 aliphatic heterocycles. The number of piperidine rings is 1. The van der Waals surface area contributed by atoms with E-state index < -0.39 is 0 Å². The van der Waals surface area contributed by atoms with Crippen LogP contribution in [-0.2, 0) is 0 Å². The summed E-state index contributed by atoms with van der Waals surface area (Å²) in [5.41, 5.74) is 6.64. The van der Waals surface area contributed by atoms with E-state index in [1.54, 1.807) is 12.1 Å². The van der Waals surface area contributed by atoms with E-state index in [1.165, 1.54) is 6.07 Å². The summed E-state index contributed by atoms with van der Waals surface area (Å²) in [5.74, 6) is -0.164. The molecule has 0 radical (unpaired) electrons. The van der Waals surface area contributed by atoms with Crippen molar-refractivity contribution in [3.05, 3.63) is 35.6 Å². The van der Waals surface area contributed by atoms with E-state index in [-0.39, 0.29) is 17.9 Å². The average molecular weight is 194 g/mol. The van der Waals surface area contributed by atoms with Gasteiger partial charge in [0.15, 0.2) is 0 Å². The molecule has 3 N–H and O–H groups in total. The summed E-state index contributed by atoms with van der Waals surface area (Å²) >= 11 is 0. The zero-order chi connectivity index (χ0) is 9.97. The van der Waals surface area contributed by atoms with E-state index >= 15 is 0 Å². The Morgan fingerprint density at radius 2 is 2.14 bits per heavy atom. The molecule has 0 bridgehead atoms. The van der Waals surface area contributed by atoms with Gasteiger partial charge in [0.2, 0.25) is 0 Å². The second-order valence-corrected chi connectivity index (χ2v) is 3.76.